The van der Waals surface area contributed by atoms with E-state index in [1.807, 2.05) is 31.0 Å². The Labute approximate surface area is 92.1 Å². The monoisotopic (exact) mass is 210 g/mol. The molecule has 1 aromatic heterocycles. The molecule has 2 atom stereocenters. The van der Waals surface area contributed by atoms with Crippen molar-refractivity contribution in [3.63, 3.8) is 0 Å². The van der Waals surface area contributed by atoms with Crippen LogP contribution in [0.4, 0.5) is 0 Å². The van der Waals surface area contributed by atoms with E-state index in [1.165, 1.54) is 5.56 Å². The average molecular weight is 210 g/mol. The van der Waals surface area contributed by atoms with Gasteiger partial charge in [0.15, 0.2) is 0 Å². The molecule has 0 aliphatic heterocycles. The SMILES string of the molecule is CC(C)C(CCc1cnn(C)c1)C(C)O. The summed E-state index contributed by atoms with van der Waals surface area (Å²) < 4.78 is 1.82. The first-order chi connectivity index (χ1) is 7.00. The first-order valence-electron chi connectivity index (χ1n) is 5.66. The molecular formula is C12H22N2O. The van der Waals surface area contributed by atoms with Crippen LogP contribution in [0.3, 0.4) is 0 Å². The van der Waals surface area contributed by atoms with Gasteiger partial charge in [-0.2, -0.15) is 5.10 Å². The van der Waals surface area contributed by atoms with Gasteiger partial charge >= 0.3 is 0 Å². The summed E-state index contributed by atoms with van der Waals surface area (Å²) >= 11 is 0. The first-order valence-corrected chi connectivity index (χ1v) is 5.66. The summed E-state index contributed by atoms with van der Waals surface area (Å²) in [6, 6.07) is 0. The van der Waals surface area contributed by atoms with Crippen LogP contribution >= 0.6 is 0 Å². The zero-order valence-electron chi connectivity index (χ0n) is 10.1. The number of hydrogen-bond donors (Lipinski definition) is 1. The summed E-state index contributed by atoms with van der Waals surface area (Å²) in [5.74, 6) is 0.909. The Kier molecular flexibility index (Phi) is 4.33. The summed E-state index contributed by atoms with van der Waals surface area (Å²) in [6.45, 7) is 6.22. The molecule has 3 nitrogen and oxygen atoms in total. The molecule has 86 valence electrons. The van der Waals surface area contributed by atoms with Crippen molar-refractivity contribution in [1.82, 2.24) is 9.78 Å². The lowest BCUT2D eigenvalue weighted by molar-refractivity contribution is 0.0921. The molecule has 0 fully saturated rings. The van der Waals surface area contributed by atoms with Gasteiger partial charge in [0.25, 0.3) is 0 Å². The normalized spacial score (nSPS) is 15.6. The van der Waals surface area contributed by atoms with Crippen molar-refractivity contribution >= 4 is 0 Å². The maximum absolute atomic E-state index is 9.64. The van der Waals surface area contributed by atoms with Gasteiger partial charge in [-0.05, 0) is 37.2 Å². The predicted octanol–water partition coefficient (Wildman–Crippen LogP) is 2.01. The number of aliphatic hydroxyl groups excluding tert-OH is 1. The predicted molar refractivity (Wildman–Crippen MR) is 61.5 cm³/mol. The topological polar surface area (TPSA) is 38.0 Å². The Bertz CT molecular complexity index is 284. The molecule has 15 heavy (non-hydrogen) atoms. The van der Waals surface area contributed by atoms with E-state index < -0.39 is 0 Å². The van der Waals surface area contributed by atoms with Crippen LogP contribution < -0.4 is 0 Å². The molecule has 1 aromatic rings. The van der Waals surface area contributed by atoms with Crippen LogP contribution in [0.5, 0.6) is 0 Å². The molecule has 0 aliphatic carbocycles. The third kappa shape index (κ3) is 3.67. The summed E-state index contributed by atoms with van der Waals surface area (Å²) in [6.07, 6.45) is 5.75. The third-order valence-electron chi connectivity index (χ3n) is 3.00. The molecule has 0 spiro atoms. The number of nitrogens with zero attached hydrogens (tertiary/aromatic N) is 2. The van der Waals surface area contributed by atoms with Gasteiger partial charge in [-0.1, -0.05) is 13.8 Å². The molecule has 1 rings (SSSR count). The second-order valence-electron chi connectivity index (χ2n) is 4.71. The van der Waals surface area contributed by atoms with E-state index in [9.17, 15) is 5.11 Å². The lowest BCUT2D eigenvalue weighted by atomic mass is 9.86. The van der Waals surface area contributed by atoms with Gasteiger partial charge in [0, 0.05) is 13.2 Å². The first kappa shape index (κ1) is 12.2. The molecule has 0 aromatic carbocycles. The number of aromatic nitrogens is 2. The molecule has 3 heteroatoms. The average Bonchev–Trinajstić information content (AvgIpc) is 2.50. The molecule has 0 bridgehead atoms. The van der Waals surface area contributed by atoms with Gasteiger partial charge in [-0.15, -0.1) is 0 Å². The van der Waals surface area contributed by atoms with Crippen LogP contribution in [0.15, 0.2) is 12.4 Å². The van der Waals surface area contributed by atoms with Gasteiger partial charge in [0.2, 0.25) is 0 Å². The summed E-state index contributed by atoms with van der Waals surface area (Å²) in [7, 11) is 1.93. The Morgan fingerprint density at radius 1 is 1.40 bits per heavy atom. The fraction of sp³-hybridized carbons (Fsp3) is 0.750. The minimum Gasteiger partial charge on any atom is -0.393 e. The van der Waals surface area contributed by atoms with Crippen molar-refractivity contribution in [2.75, 3.05) is 0 Å². The molecule has 0 saturated carbocycles. The second-order valence-corrected chi connectivity index (χ2v) is 4.71. The van der Waals surface area contributed by atoms with Gasteiger partial charge in [-0.3, -0.25) is 4.68 Å². The Morgan fingerprint density at radius 2 is 2.07 bits per heavy atom. The molecule has 0 saturated heterocycles. The van der Waals surface area contributed by atoms with Crippen molar-refractivity contribution in [1.29, 1.82) is 0 Å². The zero-order chi connectivity index (χ0) is 11.4. The Hall–Kier alpha value is -0.830. The highest BCUT2D eigenvalue weighted by molar-refractivity contribution is 5.03. The van der Waals surface area contributed by atoms with Crippen molar-refractivity contribution in [3.05, 3.63) is 18.0 Å². The van der Waals surface area contributed by atoms with E-state index in [0.29, 0.717) is 11.8 Å². The van der Waals surface area contributed by atoms with Crippen LogP contribution in [0.1, 0.15) is 32.8 Å². The molecule has 0 radical (unpaired) electrons. The van der Waals surface area contributed by atoms with Gasteiger partial charge < -0.3 is 5.11 Å². The van der Waals surface area contributed by atoms with Crippen molar-refractivity contribution in [2.24, 2.45) is 18.9 Å². The van der Waals surface area contributed by atoms with E-state index in [4.69, 9.17) is 0 Å². The third-order valence-corrected chi connectivity index (χ3v) is 3.00. The van der Waals surface area contributed by atoms with Crippen molar-refractivity contribution < 1.29 is 5.11 Å². The molecule has 1 N–H and O–H groups in total. The maximum atomic E-state index is 9.64. The molecular weight excluding hydrogens is 188 g/mol. The van der Waals surface area contributed by atoms with Gasteiger partial charge in [0.05, 0.1) is 12.3 Å². The van der Waals surface area contributed by atoms with E-state index in [0.717, 1.165) is 12.8 Å². The van der Waals surface area contributed by atoms with Crippen LogP contribution in [0.25, 0.3) is 0 Å². The number of aryl methyl sites for hydroxylation is 2. The highest BCUT2D eigenvalue weighted by Gasteiger charge is 2.18. The van der Waals surface area contributed by atoms with Crippen LogP contribution in [-0.4, -0.2) is 21.0 Å². The number of hydrogen-bond acceptors (Lipinski definition) is 2. The van der Waals surface area contributed by atoms with Crippen molar-refractivity contribution in [2.45, 2.75) is 39.7 Å². The maximum Gasteiger partial charge on any atom is 0.0542 e. The highest BCUT2D eigenvalue weighted by Crippen LogP contribution is 2.21. The van der Waals surface area contributed by atoms with Crippen LogP contribution in [0.2, 0.25) is 0 Å². The standard InChI is InChI=1S/C12H22N2O/c1-9(2)12(10(3)15)6-5-11-7-13-14(4)8-11/h7-10,12,15H,5-6H2,1-4H3. The van der Waals surface area contributed by atoms with Crippen LogP contribution in [-0.2, 0) is 13.5 Å². The lowest BCUT2D eigenvalue weighted by Crippen LogP contribution is -2.22. The smallest absolute Gasteiger partial charge is 0.0542 e. The summed E-state index contributed by atoms with van der Waals surface area (Å²) in [5, 5.41) is 13.8. The largest absolute Gasteiger partial charge is 0.393 e. The summed E-state index contributed by atoms with van der Waals surface area (Å²) in [5.41, 5.74) is 1.25. The molecule has 2 unspecified atom stereocenters. The van der Waals surface area contributed by atoms with Gasteiger partial charge in [0.1, 0.15) is 0 Å². The highest BCUT2D eigenvalue weighted by atomic mass is 16.3. The minimum atomic E-state index is -0.221. The Morgan fingerprint density at radius 3 is 2.47 bits per heavy atom. The number of rotatable bonds is 5. The molecule has 1 heterocycles. The Balaban J connectivity index is 2.47. The van der Waals surface area contributed by atoms with E-state index >= 15 is 0 Å². The van der Waals surface area contributed by atoms with E-state index in [-0.39, 0.29) is 6.10 Å². The zero-order valence-corrected chi connectivity index (χ0v) is 10.1. The van der Waals surface area contributed by atoms with Gasteiger partial charge in [-0.25, -0.2) is 0 Å². The quantitative estimate of drug-likeness (QED) is 0.807. The minimum absolute atomic E-state index is 0.221. The second kappa shape index (κ2) is 5.31. The lowest BCUT2D eigenvalue weighted by Gasteiger charge is -2.23. The fourth-order valence-corrected chi connectivity index (χ4v) is 2.07. The van der Waals surface area contributed by atoms with E-state index in [2.05, 4.69) is 18.9 Å². The molecule has 0 amide bonds. The van der Waals surface area contributed by atoms with E-state index in [1.54, 1.807) is 0 Å². The molecule has 0 aliphatic rings. The van der Waals surface area contributed by atoms with Crippen molar-refractivity contribution in [3.8, 4) is 0 Å². The number of aliphatic hydroxyl groups is 1. The summed E-state index contributed by atoms with van der Waals surface area (Å²) in [4.78, 5) is 0. The van der Waals surface area contributed by atoms with Crippen LogP contribution in [0, 0.1) is 11.8 Å². The fourth-order valence-electron chi connectivity index (χ4n) is 2.07.